The van der Waals surface area contributed by atoms with Crippen molar-refractivity contribution in [3.63, 3.8) is 0 Å². The molecule has 0 radical (unpaired) electrons. The number of hydrogen-bond acceptors (Lipinski definition) is 5. The lowest BCUT2D eigenvalue weighted by atomic mass is 10.0. The minimum absolute atomic E-state index is 0.192. The van der Waals surface area contributed by atoms with Crippen LogP contribution in [0.1, 0.15) is 18.4 Å². The van der Waals surface area contributed by atoms with E-state index in [0.29, 0.717) is 37.2 Å². The summed E-state index contributed by atoms with van der Waals surface area (Å²) in [4.78, 5) is 19.2. The molecule has 6 nitrogen and oxygen atoms in total. The van der Waals surface area contributed by atoms with Gasteiger partial charge in [0.2, 0.25) is 5.91 Å². The zero-order valence-electron chi connectivity index (χ0n) is 15.1. The van der Waals surface area contributed by atoms with E-state index in [1.165, 1.54) is 5.56 Å². The number of rotatable bonds is 3. The normalized spacial score (nSPS) is 24.5. The van der Waals surface area contributed by atoms with E-state index in [-0.39, 0.29) is 5.91 Å². The van der Waals surface area contributed by atoms with Crippen LogP contribution in [0.15, 0.2) is 24.3 Å². The van der Waals surface area contributed by atoms with Crippen molar-refractivity contribution in [1.29, 1.82) is 0 Å². The lowest BCUT2D eigenvalue weighted by Gasteiger charge is -2.40. The van der Waals surface area contributed by atoms with Crippen LogP contribution in [0.3, 0.4) is 0 Å². The topological polar surface area (TPSA) is 60.9 Å². The SMILES string of the molecule is O=C(CN1CCC(N2CCS(=O)(=O)CC2)CC1)N1CCc2ccccc21. The summed E-state index contributed by atoms with van der Waals surface area (Å²) in [5.41, 5.74) is 2.33. The standard InChI is InChI=1S/C19H27N3O3S/c23-19(22-10-5-16-3-1-2-4-18(16)22)15-20-8-6-17(7-9-20)21-11-13-26(24,25)14-12-21/h1-4,17H,5-15H2. The molecule has 0 atom stereocenters. The third-order valence-corrected chi connectivity index (χ3v) is 7.61. The van der Waals surface area contributed by atoms with Gasteiger partial charge in [-0.2, -0.15) is 0 Å². The fourth-order valence-electron chi connectivity index (χ4n) is 4.41. The Morgan fingerprint density at radius 3 is 2.42 bits per heavy atom. The fourth-order valence-corrected chi connectivity index (χ4v) is 5.64. The van der Waals surface area contributed by atoms with E-state index in [2.05, 4.69) is 15.9 Å². The predicted molar refractivity (Wildman–Crippen MR) is 102 cm³/mol. The molecule has 0 aromatic heterocycles. The Morgan fingerprint density at radius 2 is 1.69 bits per heavy atom. The molecular formula is C19H27N3O3S. The Bertz CT molecular complexity index is 758. The maximum absolute atomic E-state index is 12.7. The van der Waals surface area contributed by atoms with E-state index in [9.17, 15) is 13.2 Å². The molecule has 7 heteroatoms. The van der Waals surface area contributed by atoms with Crippen molar-refractivity contribution >= 4 is 21.4 Å². The van der Waals surface area contributed by atoms with E-state index < -0.39 is 9.84 Å². The maximum Gasteiger partial charge on any atom is 0.241 e. The number of anilines is 1. The molecule has 0 unspecified atom stereocenters. The summed E-state index contributed by atoms with van der Waals surface area (Å²) in [6, 6.07) is 8.63. The molecule has 0 N–H and O–H groups in total. The first kappa shape index (κ1) is 17.9. The van der Waals surface area contributed by atoms with Crippen molar-refractivity contribution < 1.29 is 13.2 Å². The number of carbonyl (C=O) groups is 1. The van der Waals surface area contributed by atoms with Gasteiger partial charge in [0.25, 0.3) is 0 Å². The fraction of sp³-hybridized carbons (Fsp3) is 0.632. The van der Waals surface area contributed by atoms with Crippen LogP contribution in [0.5, 0.6) is 0 Å². The molecule has 0 spiro atoms. The van der Waals surface area contributed by atoms with Crippen LogP contribution in [-0.2, 0) is 21.1 Å². The zero-order chi connectivity index (χ0) is 18.1. The summed E-state index contributed by atoms with van der Waals surface area (Å²) >= 11 is 0. The van der Waals surface area contributed by atoms with Gasteiger partial charge in [-0.25, -0.2) is 8.42 Å². The summed E-state index contributed by atoms with van der Waals surface area (Å²) in [6.07, 6.45) is 2.98. The minimum atomic E-state index is -2.82. The second kappa shape index (κ2) is 7.29. The van der Waals surface area contributed by atoms with E-state index >= 15 is 0 Å². The van der Waals surface area contributed by atoms with Crippen LogP contribution in [0, 0.1) is 0 Å². The van der Waals surface area contributed by atoms with Gasteiger partial charge >= 0.3 is 0 Å². The highest BCUT2D eigenvalue weighted by molar-refractivity contribution is 7.91. The quantitative estimate of drug-likeness (QED) is 0.779. The third kappa shape index (κ3) is 3.80. The maximum atomic E-state index is 12.7. The predicted octanol–water partition coefficient (Wildman–Crippen LogP) is 0.771. The van der Waals surface area contributed by atoms with Gasteiger partial charge in [-0.15, -0.1) is 0 Å². The average molecular weight is 378 g/mol. The van der Waals surface area contributed by atoms with Crippen molar-refractivity contribution in [3.8, 4) is 0 Å². The highest BCUT2D eigenvalue weighted by atomic mass is 32.2. The molecule has 142 valence electrons. The van der Waals surface area contributed by atoms with Gasteiger partial charge in [-0.05, 0) is 30.9 Å². The van der Waals surface area contributed by atoms with Crippen molar-refractivity contribution in [2.45, 2.75) is 25.3 Å². The zero-order valence-corrected chi connectivity index (χ0v) is 16.0. The van der Waals surface area contributed by atoms with Crippen molar-refractivity contribution in [1.82, 2.24) is 9.80 Å². The lowest BCUT2D eigenvalue weighted by Crippen LogP contribution is -2.51. The van der Waals surface area contributed by atoms with E-state index in [1.54, 1.807) is 0 Å². The van der Waals surface area contributed by atoms with E-state index in [0.717, 1.165) is 44.6 Å². The highest BCUT2D eigenvalue weighted by Crippen LogP contribution is 2.28. The van der Waals surface area contributed by atoms with Gasteiger partial charge in [0.15, 0.2) is 9.84 Å². The number of piperidine rings is 1. The molecule has 3 heterocycles. The summed E-state index contributed by atoms with van der Waals surface area (Å²) in [7, 11) is -2.82. The largest absolute Gasteiger partial charge is 0.311 e. The Hall–Kier alpha value is -1.44. The second-order valence-electron chi connectivity index (χ2n) is 7.62. The number of nitrogens with zero attached hydrogens (tertiary/aromatic N) is 3. The first-order chi connectivity index (χ1) is 12.5. The Kier molecular flexibility index (Phi) is 5.03. The van der Waals surface area contributed by atoms with Gasteiger partial charge in [-0.3, -0.25) is 14.6 Å². The number of amides is 1. The highest BCUT2D eigenvalue weighted by Gasteiger charge is 2.31. The molecule has 0 bridgehead atoms. The van der Waals surface area contributed by atoms with Crippen LogP contribution in [0.4, 0.5) is 5.69 Å². The van der Waals surface area contributed by atoms with Crippen LogP contribution < -0.4 is 4.90 Å². The van der Waals surface area contributed by atoms with E-state index in [4.69, 9.17) is 0 Å². The minimum Gasteiger partial charge on any atom is -0.311 e. The monoisotopic (exact) mass is 377 g/mol. The van der Waals surface area contributed by atoms with E-state index in [1.807, 2.05) is 23.1 Å². The average Bonchev–Trinajstić information content (AvgIpc) is 3.07. The molecule has 3 aliphatic heterocycles. The number of benzene rings is 1. The summed E-state index contributed by atoms with van der Waals surface area (Å²) in [5.74, 6) is 0.776. The van der Waals surface area contributed by atoms with Crippen LogP contribution in [0.2, 0.25) is 0 Å². The van der Waals surface area contributed by atoms with Crippen molar-refractivity contribution in [2.75, 3.05) is 55.7 Å². The third-order valence-electron chi connectivity index (χ3n) is 6.00. The molecule has 26 heavy (non-hydrogen) atoms. The second-order valence-corrected chi connectivity index (χ2v) is 9.92. The Morgan fingerprint density at radius 1 is 1.00 bits per heavy atom. The molecule has 0 aliphatic carbocycles. The van der Waals surface area contributed by atoms with Gasteiger partial charge in [0, 0.05) is 44.5 Å². The smallest absolute Gasteiger partial charge is 0.241 e. The number of para-hydroxylation sites is 1. The lowest BCUT2D eigenvalue weighted by molar-refractivity contribution is -0.120. The number of fused-ring (bicyclic) bond motifs is 1. The summed E-state index contributed by atoms with van der Waals surface area (Å²) in [5, 5.41) is 0. The van der Waals surface area contributed by atoms with Crippen LogP contribution in [-0.4, -0.2) is 80.9 Å². The molecule has 2 fully saturated rings. The first-order valence-corrected chi connectivity index (χ1v) is 11.4. The molecule has 3 aliphatic rings. The van der Waals surface area contributed by atoms with Gasteiger partial charge in [-0.1, -0.05) is 18.2 Å². The Balaban J connectivity index is 1.27. The van der Waals surface area contributed by atoms with Crippen LogP contribution in [0.25, 0.3) is 0 Å². The molecular weight excluding hydrogens is 350 g/mol. The molecule has 1 aromatic carbocycles. The molecule has 4 rings (SSSR count). The number of likely N-dealkylation sites (tertiary alicyclic amines) is 1. The molecule has 0 saturated carbocycles. The van der Waals surface area contributed by atoms with Gasteiger partial charge < -0.3 is 4.90 Å². The summed E-state index contributed by atoms with van der Waals surface area (Å²) in [6.45, 7) is 4.42. The number of sulfone groups is 1. The van der Waals surface area contributed by atoms with Crippen molar-refractivity contribution in [2.24, 2.45) is 0 Å². The summed E-state index contributed by atoms with van der Waals surface area (Å²) < 4.78 is 23.2. The van der Waals surface area contributed by atoms with Gasteiger partial charge in [0.05, 0.1) is 18.1 Å². The Labute approximate surface area is 155 Å². The molecule has 2 saturated heterocycles. The number of hydrogen-bond donors (Lipinski definition) is 0. The molecule has 1 amide bonds. The van der Waals surface area contributed by atoms with Crippen molar-refractivity contribution in [3.05, 3.63) is 29.8 Å². The number of carbonyl (C=O) groups excluding carboxylic acids is 1. The van der Waals surface area contributed by atoms with Gasteiger partial charge in [0.1, 0.15) is 0 Å². The van der Waals surface area contributed by atoms with Crippen LogP contribution >= 0.6 is 0 Å². The molecule has 1 aromatic rings. The first-order valence-electron chi connectivity index (χ1n) is 9.57.